The van der Waals surface area contributed by atoms with Gasteiger partial charge in [0.1, 0.15) is 5.75 Å². The van der Waals surface area contributed by atoms with Crippen molar-refractivity contribution in [1.82, 2.24) is 0 Å². The zero-order valence-electron chi connectivity index (χ0n) is 10.7. The van der Waals surface area contributed by atoms with E-state index in [0.717, 1.165) is 24.0 Å². The van der Waals surface area contributed by atoms with Crippen LogP contribution in [0, 0.1) is 5.92 Å². The Morgan fingerprint density at radius 2 is 1.84 bits per heavy atom. The summed E-state index contributed by atoms with van der Waals surface area (Å²) < 4.78 is 5.71. The number of ether oxygens (including phenoxy) is 1. The first-order valence-electron chi connectivity index (χ1n) is 6.64. The van der Waals surface area contributed by atoms with Gasteiger partial charge in [0.05, 0.1) is 12.2 Å². The molecule has 0 aromatic heterocycles. The smallest absolute Gasteiger partial charge is 0.153 e. The molecular weight excluding hydrogens is 236 g/mol. The quantitative estimate of drug-likeness (QED) is 0.753. The molecule has 0 radical (unpaired) electrons. The van der Waals surface area contributed by atoms with Crippen LogP contribution in [0.15, 0.2) is 48.5 Å². The fraction of sp³-hybridized carbons (Fsp3) is 0.235. The minimum absolute atomic E-state index is 0.627. The average Bonchev–Trinajstić information content (AvgIpc) is 3.30. The number of rotatable bonds is 5. The molecule has 96 valence electrons. The van der Waals surface area contributed by atoms with Gasteiger partial charge in [-0.2, -0.15) is 0 Å². The van der Waals surface area contributed by atoms with E-state index in [2.05, 4.69) is 0 Å². The second-order valence-corrected chi connectivity index (χ2v) is 4.99. The summed E-state index contributed by atoms with van der Waals surface area (Å²) in [5.41, 5.74) is 2.78. The number of carbonyl (C=O) groups is 1. The predicted octanol–water partition coefficient (Wildman–Crippen LogP) is 3.95. The van der Waals surface area contributed by atoms with Crippen LogP contribution in [0.5, 0.6) is 5.75 Å². The van der Waals surface area contributed by atoms with Crippen molar-refractivity contribution in [3.05, 3.63) is 54.1 Å². The van der Waals surface area contributed by atoms with Crippen molar-refractivity contribution in [1.29, 1.82) is 0 Å². The third kappa shape index (κ3) is 2.84. The van der Waals surface area contributed by atoms with Gasteiger partial charge in [0.15, 0.2) is 6.29 Å². The third-order valence-electron chi connectivity index (χ3n) is 3.42. The molecule has 0 N–H and O–H groups in total. The van der Waals surface area contributed by atoms with E-state index in [0.29, 0.717) is 17.2 Å². The molecule has 0 unspecified atom stereocenters. The molecule has 0 spiro atoms. The normalized spacial score (nSPS) is 14.1. The van der Waals surface area contributed by atoms with E-state index in [-0.39, 0.29) is 0 Å². The van der Waals surface area contributed by atoms with Crippen molar-refractivity contribution in [3.8, 4) is 16.9 Å². The van der Waals surface area contributed by atoms with Crippen LogP contribution in [-0.2, 0) is 0 Å². The number of hydrogen-bond donors (Lipinski definition) is 0. The SMILES string of the molecule is O=Cc1cc(-c2ccccc2)ccc1OCC1CC1. The number of aldehydes is 1. The van der Waals surface area contributed by atoms with Gasteiger partial charge in [-0.05, 0) is 42.0 Å². The highest BCUT2D eigenvalue weighted by atomic mass is 16.5. The maximum absolute atomic E-state index is 11.2. The highest BCUT2D eigenvalue weighted by Gasteiger charge is 2.22. The van der Waals surface area contributed by atoms with E-state index in [9.17, 15) is 4.79 Å². The summed E-state index contributed by atoms with van der Waals surface area (Å²) >= 11 is 0. The van der Waals surface area contributed by atoms with E-state index in [1.807, 2.05) is 48.5 Å². The maximum atomic E-state index is 11.2. The standard InChI is InChI=1S/C17H16O2/c18-11-16-10-15(14-4-2-1-3-5-14)8-9-17(16)19-12-13-6-7-13/h1-5,8-11,13H,6-7,12H2. The van der Waals surface area contributed by atoms with E-state index < -0.39 is 0 Å². The van der Waals surface area contributed by atoms with Crippen LogP contribution in [0.2, 0.25) is 0 Å². The maximum Gasteiger partial charge on any atom is 0.153 e. The van der Waals surface area contributed by atoms with Crippen molar-refractivity contribution < 1.29 is 9.53 Å². The first-order valence-corrected chi connectivity index (χ1v) is 6.64. The van der Waals surface area contributed by atoms with Gasteiger partial charge in [0, 0.05) is 0 Å². The molecule has 1 fully saturated rings. The highest BCUT2D eigenvalue weighted by Crippen LogP contribution is 2.31. The van der Waals surface area contributed by atoms with E-state index in [1.165, 1.54) is 12.8 Å². The summed E-state index contributed by atoms with van der Waals surface area (Å²) in [6.07, 6.45) is 3.37. The Balaban J connectivity index is 1.85. The minimum Gasteiger partial charge on any atom is -0.493 e. The van der Waals surface area contributed by atoms with E-state index >= 15 is 0 Å². The molecule has 2 aromatic rings. The van der Waals surface area contributed by atoms with Gasteiger partial charge < -0.3 is 4.74 Å². The minimum atomic E-state index is 0.627. The van der Waals surface area contributed by atoms with Crippen LogP contribution in [0.4, 0.5) is 0 Å². The van der Waals surface area contributed by atoms with Gasteiger partial charge in [-0.15, -0.1) is 0 Å². The Hall–Kier alpha value is -2.09. The molecule has 2 heteroatoms. The molecule has 3 rings (SSSR count). The molecule has 0 bridgehead atoms. The summed E-state index contributed by atoms with van der Waals surface area (Å²) in [6, 6.07) is 15.8. The third-order valence-corrected chi connectivity index (χ3v) is 3.42. The molecule has 1 saturated carbocycles. The summed E-state index contributed by atoms with van der Waals surface area (Å²) in [6.45, 7) is 0.728. The molecule has 0 atom stereocenters. The summed E-state index contributed by atoms with van der Waals surface area (Å²) in [5, 5.41) is 0. The lowest BCUT2D eigenvalue weighted by atomic mass is 10.0. The summed E-state index contributed by atoms with van der Waals surface area (Å²) in [5.74, 6) is 1.38. The Kier molecular flexibility index (Phi) is 3.32. The largest absolute Gasteiger partial charge is 0.493 e. The Morgan fingerprint density at radius 1 is 1.05 bits per heavy atom. The molecular formula is C17H16O2. The highest BCUT2D eigenvalue weighted by molar-refractivity contribution is 5.83. The van der Waals surface area contributed by atoms with Crippen LogP contribution in [0.1, 0.15) is 23.2 Å². The summed E-state index contributed by atoms with van der Waals surface area (Å²) in [4.78, 5) is 11.2. The Morgan fingerprint density at radius 3 is 2.53 bits per heavy atom. The van der Waals surface area contributed by atoms with Gasteiger partial charge in [-0.3, -0.25) is 4.79 Å². The summed E-state index contributed by atoms with van der Waals surface area (Å²) in [7, 11) is 0. The topological polar surface area (TPSA) is 26.3 Å². The van der Waals surface area contributed by atoms with Gasteiger partial charge >= 0.3 is 0 Å². The monoisotopic (exact) mass is 252 g/mol. The molecule has 0 amide bonds. The number of benzene rings is 2. The van der Waals surface area contributed by atoms with Gasteiger partial charge in [-0.1, -0.05) is 36.4 Å². The van der Waals surface area contributed by atoms with Crippen LogP contribution >= 0.6 is 0 Å². The molecule has 1 aliphatic carbocycles. The average molecular weight is 252 g/mol. The van der Waals surface area contributed by atoms with Gasteiger partial charge in [0.25, 0.3) is 0 Å². The van der Waals surface area contributed by atoms with Crippen molar-refractivity contribution in [2.75, 3.05) is 6.61 Å². The first-order chi connectivity index (χ1) is 9.36. The lowest BCUT2D eigenvalue weighted by Gasteiger charge is -2.09. The van der Waals surface area contributed by atoms with Gasteiger partial charge in [-0.25, -0.2) is 0 Å². The van der Waals surface area contributed by atoms with Crippen LogP contribution in [0.25, 0.3) is 11.1 Å². The molecule has 0 heterocycles. The lowest BCUT2D eigenvalue weighted by Crippen LogP contribution is -2.01. The molecule has 0 aliphatic heterocycles. The van der Waals surface area contributed by atoms with Gasteiger partial charge in [0.2, 0.25) is 0 Å². The van der Waals surface area contributed by atoms with Crippen molar-refractivity contribution in [3.63, 3.8) is 0 Å². The Labute approximate surface area is 113 Å². The fourth-order valence-corrected chi connectivity index (χ4v) is 2.07. The van der Waals surface area contributed by atoms with Crippen molar-refractivity contribution >= 4 is 6.29 Å². The zero-order chi connectivity index (χ0) is 13.1. The number of hydrogen-bond acceptors (Lipinski definition) is 2. The molecule has 2 aromatic carbocycles. The Bertz CT molecular complexity index is 571. The zero-order valence-corrected chi connectivity index (χ0v) is 10.7. The molecule has 19 heavy (non-hydrogen) atoms. The second kappa shape index (κ2) is 5.27. The van der Waals surface area contributed by atoms with Crippen LogP contribution in [-0.4, -0.2) is 12.9 Å². The lowest BCUT2D eigenvalue weighted by molar-refractivity contribution is 0.111. The van der Waals surface area contributed by atoms with E-state index in [1.54, 1.807) is 0 Å². The van der Waals surface area contributed by atoms with Crippen LogP contribution < -0.4 is 4.74 Å². The molecule has 0 saturated heterocycles. The predicted molar refractivity (Wildman–Crippen MR) is 75.5 cm³/mol. The second-order valence-electron chi connectivity index (χ2n) is 4.99. The van der Waals surface area contributed by atoms with Crippen molar-refractivity contribution in [2.45, 2.75) is 12.8 Å². The molecule has 2 nitrogen and oxygen atoms in total. The van der Waals surface area contributed by atoms with Crippen LogP contribution in [0.3, 0.4) is 0 Å². The number of carbonyl (C=O) groups excluding carboxylic acids is 1. The fourth-order valence-electron chi connectivity index (χ4n) is 2.07. The van der Waals surface area contributed by atoms with E-state index in [4.69, 9.17) is 4.74 Å². The van der Waals surface area contributed by atoms with Crippen molar-refractivity contribution in [2.24, 2.45) is 5.92 Å². The molecule has 1 aliphatic rings. The first kappa shape index (κ1) is 12.0.